The fourth-order valence-electron chi connectivity index (χ4n) is 3.80. The van der Waals surface area contributed by atoms with Crippen LogP contribution in [0.4, 0.5) is 0 Å². The quantitative estimate of drug-likeness (QED) is 0.570. The summed E-state index contributed by atoms with van der Waals surface area (Å²) in [7, 11) is 1.72. The van der Waals surface area contributed by atoms with Crippen LogP contribution >= 0.6 is 0 Å². The van der Waals surface area contributed by atoms with E-state index >= 15 is 0 Å². The Balaban J connectivity index is 1.67. The molecule has 3 heterocycles. The van der Waals surface area contributed by atoms with Gasteiger partial charge in [0.2, 0.25) is 0 Å². The Kier molecular flexibility index (Phi) is 5.91. The number of aromatic nitrogens is 1. The lowest BCUT2D eigenvalue weighted by Gasteiger charge is -2.03. The number of allylic oxidation sites excluding steroid dienone is 4. The molecule has 0 saturated carbocycles. The summed E-state index contributed by atoms with van der Waals surface area (Å²) in [5, 5.41) is 0. The Bertz CT molecular complexity index is 943. The van der Waals surface area contributed by atoms with Gasteiger partial charge < -0.3 is 9.72 Å². The molecule has 1 N–H and O–H groups in total. The lowest BCUT2D eigenvalue weighted by Crippen LogP contribution is -1.90. The van der Waals surface area contributed by atoms with Crippen molar-refractivity contribution in [1.82, 2.24) is 4.98 Å². The van der Waals surface area contributed by atoms with Crippen molar-refractivity contribution < 1.29 is 4.74 Å². The molecule has 0 saturated heterocycles. The molecular formula is C25H28N2O. The molecule has 1 aromatic carbocycles. The number of nitrogens with zero attached hydrogens (tertiary/aromatic N) is 1. The van der Waals surface area contributed by atoms with Crippen molar-refractivity contribution in [2.24, 2.45) is 4.99 Å². The van der Waals surface area contributed by atoms with Crippen molar-refractivity contribution in [2.75, 3.05) is 7.11 Å². The van der Waals surface area contributed by atoms with Crippen LogP contribution in [-0.4, -0.2) is 17.8 Å². The lowest BCUT2D eigenvalue weighted by atomic mass is 10.0. The Labute approximate surface area is 167 Å². The zero-order valence-electron chi connectivity index (χ0n) is 16.6. The highest BCUT2D eigenvalue weighted by molar-refractivity contribution is 5.99. The minimum atomic E-state index is 0.851. The molecule has 4 rings (SSSR count). The average Bonchev–Trinajstić information content (AvgIpc) is 3.33. The van der Waals surface area contributed by atoms with E-state index in [0.717, 1.165) is 48.5 Å². The molecule has 3 heteroatoms. The van der Waals surface area contributed by atoms with Crippen molar-refractivity contribution >= 4 is 11.8 Å². The van der Waals surface area contributed by atoms with Gasteiger partial charge >= 0.3 is 0 Å². The van der Waals surface area contributed by atoms with Crippen molar-refractivity contribution in [3.8, 4) is 17.0 Å². The van der Waals surface area contributed by atoms with Crippen LogP contribution in [0.5, 0.6) is 5.75 Å². The number of hydrogen-bond donors (Lipinski definition) is 1. The third-order valence-corrected chi connectivity index (χ3v) is 5.34. The van der Waals surface area contributed by atoms with Crippen LogP contribution < -0.4 is 4.74 Å². The topological polar surface area (TPSA) is 37.4 Å². The lowest BCUT2D eigenvalue weighted by molar-refractivity contribution is 0.414. The van der Waals surface area contributed by atoms with Gasteiger partial charge in [0.05, 0.1) is 18.5 Å². The first-order valence-electron chi connectivity index (χ1n) is 10.3. The van der Waals surface area contributed by atoms with Crippen molar-refractivity contribution in [3.05, 3.63) is 71.6 Å². The van der Waals surface area contributed by atoms with Gasteiger partial charge in [0.15, 0.2) is 0 Å². The maximum Gasteiger partial charge on any atom is 0.144 e. The summed E-state index contributed by atoms with van der Waals surface area (Å²) in [6.45, 7) is 0. The monoisotopic (exact) mass is 372 g/mol. The summed E-state index contributed by atoms with van der Waals surface area (Å²) >= 11 is 0. The molecule has 0 fully saturated rings. The molecule has 6 bridgehead atoms. The van der Waals surface area contributed by atoms with Crippen LogP contribution in [0.1, 0.15) is 49.8 Å². The SMILES string of the molecule is COc1cc2[nH]c1C=C1C=CC(=N1)CCCC/C=C/CCCc1cccc-2c1. The molecule has 0 unspecified atom stereocenters. The minimum Gasteiger partial charge on any atom is -0.494 e. The van der Waals surface area contributed by atoms with E-state index in [9.17, 15) is 0 Å². The second-order valence-corrected chi connectivity index (χ2v) is 7.48. The van der Waals surface area contributed by atoms with Crippen LogP contribution in [-0.2, 0) is 6.42 Å². The van der Waals surface area contributed by atoms with Gasteiger partial charge in [-0.25, -0.2) is 0 Å². The highest BCUT2D eigenvalue weighted by atomic mass is 16.5. The van der Waals surface area contributed by atoms with E-state index in [2.05, 4.69) is 65.7 Å². The Morgan fingerprint density at radius 3 is 2.75 bits per heavy atom. The van der Waals surface area contributed by atoms with E-state index in [1.165, 1.54) is 36.1 Å². The number of aliphatic imine (C=N–C) groups is 1. The molecule has 144 valence electrons. The predicted molar refractivity (Wildman–Crippen MR) is 118 cm³/mol. The molecule has 0 aliphatic carbocycles. The van der Waals surface area contributed by atoms with E-state index in [-0.39, 0.29) is 0 Å². The van der Waals surface area contributed by atoms with Crippen molar-refractivity contribution in [2.45, 2.75) is 44.9 Å². The smallest absolute Gasteiger partial charge is 0.144 e. The van der Waals surface area contributed by atoms with Crippen LogP contribution in [0, 0.1) is 0 Å². The number of fused-ring (bicyclic) bond motifs is 6. The molecule has 2 aliphatic heterocycles. The van der Waals surface area contributed by atoms with Crippen LogP contribution in [0.15, 0.2) is 65.3 Å². The van der Waals surface area contributed by atoms with E-state index in [1.54, 1.807) is 7.11 Å². The predicted octanol–water partition coefficient (Wildman–Crippen LogP) is 6.49. The highest BCUT2D eigenvalue weighted by Gasteiger charge is 2.11. The van der Waals surface area contributed by atoms with Gasteiger partial charge in [0.25, 0.3) is 0 Å². The largest absolute Gasteiger partial charge is 0.494 e. The first kappa shape index (κ1) is 18.5. The normalized spacial score (nSPS) is 18.5. The molecular weight excluding hydrogens is 344 g/mol. The first-order chi connectivity index (χ1) is 13.8. The molecule has 3 nitrogen and oxygen atoms in total. The fourth-order valence-corrected chi connectivity index (χ4v) is 3.80. The molecule has 0 atom stereocenters. The van der Waals surface area contributed by atoms with Crippen molar-refractivity contribution in [1.29, 1.82) is 0 Å². The second kappa shape index (κ2) is 8.92. The number of methoxy groups -OCH3 is 1. The zero-order chi connectivity index (χ0) is 19.2. The first-order valence-corrected chi connectivity index (χ1v) is 10.3. The Morgan fingerprint density at radius 1 is 0.964 bits per heavy atom. The van der Waals surface area contributed by atoms with Gasteiger partial charge in [0, 0.05) is 17.5 Å². The molecule has 2 aromatic rings. The standard InChI is InChI=1S/C25H28N2O/c1-28-25-18-23-20-12-9-11-19(16-20)10-7-5-3-2-4-6-8-13-21-14-15-22(26-21)17-24(25)27-23/h2-3,9,11-12,14-18,27H,4-8,10,13H2,1H3/b3-2+,22-17?. The second-order valence-electron chi connectivity index (χ2n) is 7.48. The maximum atomic E-state index is 5.61. The summed E-state index contributed by atoms with van der Waals surface area (Å²) in [5.74, 6) is 0.851. The van der Waals surface area contributed by atoms with Gasteiger partial charge in [0.1, 0.15) is 5.75 Å². The number of benzene rings is 1. The molecule has 0 radical (unpaired) electrons. The summed E-state index contributed by atoms with van der Waals surface area (Å²) < 4.78 is 5.61. The van der Waals surface area contributed by atoms with Crippen LogP contribution in [0.2, 0.25) is 0 Å². The van der Waals surface area contributed by atoms with Gasteiger partial charge in [-0.3, -0.25) is 4.99 Å². The maximum absolute atomic E-state index is 5.61. The van der Waals surface area contributed by atoms with E-state index in [4.69, 9.17) is 9.73 Å². The minimum absolute atomic E-state index is 0.851. The third-order valence-electron chi connectivity index (χ3n) is 5.34. The van der Waals surface area contributed by atoms with Crippen LogP contribution in [0.3, 0.4) is 0 Å². The highest BCUT2D eigenvalue weighted by Crippen LogP contribution is 2.30. The number of hydrogen-bond acceptors (Lipinski definition) is 2. The van der Waals surface area contributed by atoms with Gasteiger partial charge in [-0.1, -0.05) is 30.4 Å². The fraction of sp³-hybridized carbons (Fsp3) is 0.320. The number of nitrogens with one attached hydrogen (secondary N) is 1. The summed E-state index contributed by atoms with van der Waals surface area (Å²) in [6, 6.07) is 10.9. The van der Waals surface area contributed by atoms with Crippen LogP contribution in [0.25, 0.3) is 17.3 Å². The summed E-state index contributed by atoms with van der Waals surface area (Å²) in [5.41, 5.74) is 6.77. The number of H-pyrrole nitrogens is 1. The van der Waals surface area contributed by atoms with E-state index < -0.39 is 0 Å². The van der Waals surface area contributed by atoms with E-state index in [0.29, 0.717) is 0 Å². The molecule has 28 heavy (non-hydrogen) atoms. The number of rotatable bonds is 1. The molecule has 1 aromatic heterocycles. The molecule has 2 aliphatic rings. The van der Waals surface area contributed by atoms with Gasteiger partial charge in [-0.05, 0) is 80.4 Å². The third kappa shape index (κ3) is 4.53. The van der Waals surface area contributed by atoms with E-state index in [1.807, 2.05) is 0 Å². The summed E-state index contributed by atoms with van der Waals surface area (Å²) in [6.07, 6.45) is 19.0. The van der Waals surface area contributed by atoms with Gasteiger partial charge in [-0.15, -0.1) is 0 Å². The summed E-state index contributed by atoms with van der Waals surface area (Å²) in [4.78, 5) is 8.29. The number of aryl methyl sites for hydroxylation is 1. The van der Waals surface area contributed by atoms with Gasteiger partial charge in [-0.2, -0.15) is 0 Å². The van der Waals surface area contributed by atoms with Crippen molar-refractivity contribution in [3.63, 3.8) is 0 Å². The zero-order valence-corrected chi connectivity index (χ0v) is 16.6. The average molecular weight is 373 g/mol. The number of ether oxygens (including phenoxy) is 1. The molecule has 0 amide bonds. The Hall–Kier alpha value is -2.81. The Morgan fingerprint density at radius 2 is 1.86 bits per heavy atom. The molecule has 0 spiro atoms. The number of aromatic amines is 1.